The van der Waals surface area contributed by atoms with Crippen LogP contribution >= 0.6 is 11.8 Å². The van der Waals surface area contributed by atoms with Gasteiger partial charge in [0.25, 0.3) is 0 Å². The van der Waals surface area contributed by atoms with Crippen LogP contribution in [0.3, 0.4) is 0 Å². The average molecular weight is 416 g/mol. The standard InChI is InChI=1S/C19H18F2N6OS/c20-14-4-6-16(7-5-14)25-8-10-26(11-9-25)18(28)13-29-19-22-23-24-27(19)17-3-1-2-15(21)12-17/h1-7,12H,8-11,13H2. The van der Waals surface area contributed by atoms with Gasteiger partial charge in [0, 0.05) is 31.9 Å². The van der Waals surface area contributed by atoms with Crippen molar-refractivity contribution in [3.8, 4) is 5.69 Å². The molecule has 150 valence electrons. The summed E-state index contributed by atoms with van der Waals surface area (Å²) in [6.45, 7) is 2.54. The van der Waals surface area contributed by atoms with Gasteiger partial charge < -0.3 is 9.80 Å². The second kappa shape index (κ2) is 8.56. The lowest BCUT2D eigenvalue weighted by Gasteiger charge is -2.36. The normalized spacial score (nSPS) is 14.3. The van der Waals surface area contributed by atoms with Crippen LogP contribution in [0.5, 0.6) is 0 Å². The number of halogens is 2. The predicted octanol–water partition coefficient (Wildman–Crippen LogP) is 2.38. The van der Waals surface area contributed by atoms with E-state index in [1.165, 1.54) is 40.7 Å². The summed E-state index contributed by atoms with van der Waals surface area (Å²) in [4.78, 5) is 16.5. The van der Waals surface area contributed by atoms with Gasteiger partial charge in [-0.2, -0.15) is 4.68 Å². The lowest BCUT2D eigenvalue weighted by atomic mass is 10.2. The Morgan fingerprint density at radius 1 is 0.966 bits per heavy atom. The van der Waals surface area contributed by atoms with E-state index in [-0.39, 0.29) is 23.3 Å². The molecule has 4 rings (SSSR count). The van der Waals surface area contributed by atoms with Crippen molar-refractivity contribution in [1.29, 1.82) is 0 Å². The number of amides is 1. The largest absolute Gasteiger partial charge is 0.368 e. The molecule has 0 atom stereocenters. The second-order valence-electron chi connectivity index (χ2n) is 6.49. The van der Waals surface area contributed by atoms with Gasteiger partial charge in [0.2, 0.25) is 11.1 Å². The minimum absolute atomic E-state index is 0.0115. The van der Waals surface area contributed by atoms with E-state index in [2.05, 4.69) is 20.4 Å². The molecule has 7 nitrogen and oxygen atoms in total. The highest BCUT2D eigenvalue weighted by molar-refractivity contribution is 7.99. The Balaban J connectivity index is 1.32. The van der Waals surface area contributed by atoms with Gasteiger partial charge in [-0.1, -0.05) is 17.8 Å². The molecule has 2 aromatic carbocycles. The van der Waals surface area contributed by atoms with Gasteiger partial charge in [-0.15, -0.1) is 5.10 Å². The Labute approximate surface area is 170 Å². The zero-order chi connectivity index (χ0) is 20.2. The number of piperazine rings is 1. The molecule has 1 amide bonds. The maximum absolute atomic E-state index is 13.4. The molecule has 1 aromatic heterocycles. The van der Waals surface area contributed by atoms with E-state index >= 15 is 0 Å². The third kappa shape index (κ3) is 4.53. The van der Waals surface area contributed by atoms with Gasteiger partial charge in [-0.25, -0.2) is 8.78 Å². The predicted molar refractivity (Wildman–Crippen MR) is 105 cm³/mol. The number of thioether (sulfide) groups is 1. The van der Waals surface area contributed by atoms with Crippen molar-refractivity contribution in [1.82, 2.24) is 25.1 Å². The van der Waals surface area contributed by atoms with Crippen LogP contribution in [0.1, 0.15) is 0 Å². The van der Waals surface area contributed by atoms with Crippen LogP contribution in [0.2, 0.25) is 0 Å². The van der Waals surface area contributed by atoms with Gasteiger partial charge in [-0.3, -0.25) is 4.79 Å². The molecule has 0 aliphatic carbocycles. The van der Waals surface area contributed by atoms with Gasteiger partial charge in [0.05, 0.1) is 11.4 Å². The molecule has 2 heterocycles. The number of carbonyl (C=O) groups is 1. The van der Waals surface area contributed by atoms with Gasteiger partial charge in [0.15, 0.2) is 0 Å². The number of rotatable bonds is 5. The zero-order valence-electron chi connectivity index (χ0n) is 15.4. The van der Waals surface area contributed by atoms with Crippen LogP contribution in [0.15, 0.2) is 53.7 Å². The van der Waals surface area contributed by atoms with E-state index in [9.17, 15) is 13.6 Å². The van der Waals surface area contributed by atoms with Crippen molar-refractivity contribution in [2.45, 2.75) is 5.16 Å². The van der Waals surface area contributed by atoms with Gasteiger partial charge in [-0.05, 0) is 52.9 Å². The summed E-state index contributed by atoms with van der Waals surface area (Å²) in [5.74, 6) is -0.474. The molecule has 1 saturated heterocycles. The maximum atomic E-state index is 13.4. The Hall–Kier alpha value is -3.01. The van der Waals surface area contributed by atoms with Crippen molar-refractivity contribution in [2.75, 3.05) is 36.8 Å². The Kier molecular flexibility index (Phi) is 5.70. The topological polar surface area (TPSA) is 67.2 Å². The van der Waals surface area contributed by atoms with E-state index in [0.717, 1.165) is 5.69 Å². The molecule has 0 radical (unpaired) electrons. The van der Waals surface area contributed by atoms with Crippen molar-refractivity contribution < 1.29 is 13.6 Å². The third-order valence-corrected chi connectivity index (χ3v) is 5.55. The number of hydrogen-bond donors (Lipinski definition) is 0. The quantitative estimate of drug-likeness (QED) is 0.595. The highest BCUT2D eigenvalue weighted by atomic mass is 32.2. The summed E-state index contributed by atoms with van der Waals surface area (Å²) >= 11 is 1.21. The van der Waals surface area contributed by atoms with Crippen LogP contribution in [0, 0.1) is 11.6 Å². The SMILES string of the molecule is O=C(CSc1nnnn1-c1cccc(F)c1)N1CCN(c2ccc(F)cc2)CC1. The van der Waals surface area contributed by atoms with Crippen molar-refractivity contribution in [3.63, 3.8) is 0 Å². The number of aromatic nitrogens is 4. The smallest absolute Gasteiger partial charge is 0.233 e. The third-order valence-electron chi connectivity index (χ3n) is 4.64. The minimum Gasteiger partial charge on any atom is -0.368 e. The summed E-state index contributed by atoms with van der Waals surface area (Å²) in [7, 11) is 0. The fraction of sp³-hybridized carbons (Fsp3) is 0.263. The number of nitrogens with zero attached hydrogens (tertiary/aromatic N) is 6. The van der Waals surface area contributed by atoms with E-state index in [1.54, 1.807) is 29.2 Å². The van der Waals surface area contributed by atoms with E-state index in [1.807, 2.05) is 0 Å². The van der Waals surface area contributed by atoms with Crippen LogP contribution < -0.4 is 4.90 Å². The molecule has 1 aliphatic rings. The number of benzene rings is 2. The fourth-order valence-corrected chi connectivity index (χ4v) is 3.92. The maximum Gasteiger partial charge on any atom is 0.233 e. The summed E-state index contributed by atoms with van der Waals surface area (Å²) in [5.41, 5.74) is 1.44. The highest BCUT2D eigenvalue weighted by Gasteiger charge is 2.22. The monoisotopic (exact) mass is 416 g/mol. The van der Waals surface area contributed by atoms with Gasteiger partial charge in [0.1, 0.15) is 11.6 Å². The molecule has 10 heteroatoms. The van der Waals surface area contributed by atoms with Crippen LogP contribution in [-0.2, 0) is 4.79 Å². The first kappa shape index (κ1) is 19.3. The molecule has 3 aromatic rings. The minimum atomic E-state index is -0.385. The molecule has 0 N–H and O–H groups in total. The first-order valence-electron chi connectivity index (χ1n) is 9.05. The van der Waals surface area contributed by atoms with Crippen molar-refractivity contribution in [2.24, 2.45) is 0 Å². The summed E-state index contributed by atoms with van der Waals surface area (Å²) in [6.07, 6.45) is 0. The summed E-state index contributed by atoms with van der Waals surface area (Å²) in [5, 5.41) is 11.9. The van der Waals surface area contributed by atoms with Crippen LogP contribution in [-0.4, -0.2) is 62.9 Å². The van der Waals surface area contributed by atoms with Crippen molar-refractivity contribution in [3.05, 3.63) is 60.2 Å². The molecule has 0 saturated carbocycles. The zero-order valence-corrected chi connectivity index (χ0v) is 16.2. The summed E-state index contributed by atoms with van der Waals surface area (Å²) in [6, 6.07) is 12.3. The van der Waals surface area contributed by atoms with E-state index < -0.39 is 0 Å². The highest BCUT2D eigenvalue weighted by Crippen LogP contribution is 2.21. The Morgan fingerprint density at radius 3 is 2.45 bits per heavy atom. The molecule has 29 heavy (non-hydrogen) atoms. The van der Waals surface area contributed by atoms with Crippen LogP contribution in [0.25, 0.3) is 5.69 Å². The Morgan fingerprint density at radius 2 is 1.72 bits per heavy atom. The van der Waals surface area contributed by atoms with Gasteiger partial charge >= 0.3 is 0 Å². The van der Waals surface area contributed by atoms with Crippen molar-refractivity contribution >= 4 is 23.4 Å². The lowest BCUT2D eigenvalue weighted by molar-refractivity contribution is -0.128. The fourth-order valence-electron chi connectivity index (χ4n) is 3.12. The summed E-state index contributed by atoms with van der Waals surface area (Å²) < 4.78 is 27.9. The molecule has 0 spiro atoms. The van der Waals surface area contributed by atoms with Crippen LogP contribution in [0.4, 0.5) is 14.5 Å². The van der Waals surface area contributed by atoms with E-state index in [4.69, 9.17) is 0 Å². The molecule has 0 unspecified atom stereocenters. The number of hydrogen-bond acceptors (Lipinski definition) is 6. The lowest BCUT2D eigenvalue weighted by Crippen LogP contribution is -2.49. The molecule has 1 aliphatic heterocycles. The first-order chi connectivity index (χ1) is 14.1. The molecule has 0 bridgehead atoms. The first-order valence-corrected chi connectivity index (χ1v) is 10.0. The molecule has 1 fully saturated rings. The number of tetrazole rings is 1. The molecular formula is C19H18F2N6OS. The molecular weight excluding hydrogens is 398 g/mol. The number of carbonyl (C=O) groups excluding carboxylic acids is 1. The van der Waals surface area contributed by atoms with E-state index in [0.29, 0.717) is 37.0 Å². The second-order valence-corrected chi connectivity index (χ2v) is 7.43. The number of anilines is 1. The Bertz CT molecular complexity index is 988. The average Bonchev–Trinajstić information content (AvgIpc) is 3.21.